The van der Waals surface area contributed by atoms with Crippen molar-refractivity contribution in [3.05, 3.63) is 0 Å². The Hall–Kier alpha value is -0.570. The molecular weight excluding hydrogens is 176 g/mol. The molecule has 0 aromatic carbocycles. The van der Waals surface area contributed by atoms with Gasteiger partial charge in [-0.3, -0.25) is 4.79 Å². The lowest BCUT2D eigenvalue weighted by Gasteiger charge is -2.10. The number of hydrogen-bond donors (Lipinski definition) is 2. The van der Waals surface area contributed by atoms with Crippen LogP contribution in [-0.4, -0.2) is 25.0 Å². The van der Waals surface area contributed by atoms with Crippen LogP contribution in [0.25, 0.3) is 0 Å². The summed E-state index contributed by atoms with van der Waals surface area (Å²) in [7, 11) is 0. The summed E-state index contributed by atoms with van der Waals surface area (Å²) in [5.74, 6) is 1.19. The van der Waals surface area contributed by atoms with Gasteiger partial charge in [-0.2, -0.15) is 0 Å². The van der Waals surface area contributed by atoms with Crippen LogP contribution in [-0.2, 0) is 4.79 Å². The van der Waals surface area contributed by atoms with Crippen LogP contribution in [0.3, 0.4) is 0 Å². The Balaban J connectivity index is 1.52. The van der Waals surface area contributed by atoms with Crippen LogP contribution in [0.2, 0.25) is 0 Å². The van der Waals surface area contributed by atoms with Crippen molar-refractivity contribution in [1.82, 2.24) is 10.6 Å². The first-order valence-electron chi connectivity index (χ1n) is 5.87. The van der Waals surface area contributed by atoms with Gasteiger partial charge < -0.3 is 10.6 Å². The molecule has 2 fully saturated rings. The van der Waals surface area contributed by atoms with E-state index in [1.807, 2.05) is 0 Å². The molecule has 0 aromatic rings. The Bertz CT molecular complexity index is 195. The van der Waals surface area contributed by atoms with Crippen molar-refractivity contribution in [3.63, 3.8) is 0 Å². The third-order valence-electron chi connectivity index (χ3n) is 3.16. The second-order valence-corrected chi connectivity index (χ2v) is 4.53. The topological polar surface area (TPSA) is 41.1 Å². The predicted molar refractivity (Wildman–Crippen MR) is 56.0 cm³/mol. The fraction of sp³-hybridized carbons (Fsp3) is 0.909. The van der Waals surface area contributed by atoms with Gasteiger partial charge in [0.05, 0.1) is 6.04 Å². The molecule has 3 heteroatoms. The molecule has 1 aliphatic heterocycles. The summed E-state index contributed by atoms with van der Waals surface area (Å²) in [6.45, 7) is 1.87. The van der Waals surface area contributed by atoms with E-state index in [2.05, 4.69) is 10.6 Å². The van der Waals surface area contributed by atoms with Gasteiger partial charge >= 0.3 is 0 Å². The molecule has 0 bridgehead atoms. The summed E-state index contributed by atoms with van der Waals surface area (Å²) in [4.78, 5) is 11.5. The fourth-order valence-electron chi connectivity index (χ4n) is 2.04. The van der Waals surface area contributed by atoms with E-state index in [0.717, 1.165) is 38.3 Å². The number of hydrogen-bond acceptors (Lipinski definition) is 2. The highest BCUT2D eigenvalue weighted by atomic mass is 16.2. The third kappa shape index (κ3) is 2.98. The molecule has 0 unspecified atom stereocenters. The molecule has 3 nitrogen and oxygen atoms in total. The molecule has 1 saturated carbocycles. The van der Waals surface area contributed by atoms with Crippen molar-refractivity contribution in [3.8, 4) is 0 Å². The summed E-state index contributed by atoms with van der Waals surface area (Å²) in [5, 5.41) is 6.21. The Morgan fingerprint density at radius 2 is 2.21 bits per heavy atom. The molecule has 1 atom stereocenters. The smallest absolute Gasteiger partial charge is 0.237 e. The van der Waals surface area contributed by atoms with Crippen LogP contribution in [0.5, 0.6) is 0 Å². The highest BCUT2D eigenvalue weighted by molar-refractivity contribution is 5.81. The lowest BCUT2D eigenvalue weighted by molar-refractivity contribution is -0.122. The fourth-order valence-corrected chi connectivity index (χ4v) is 2.04. The minimum Gasteiger partial charge on any atom is -0.355 e. The summed E-state index contributed by atoms with van der Waals surface area (Å²) in [5.41, 5.74) is 0. The molecule has 1 saturated heterocycles. The lowest BCUT2D eigenvalue weighted by Crippen LogP contribution is -2.40. The van der Waals surface area contributed by atoms with Gasteiger partial charge in [-0.25, -0.2) is 0 Å². The number of nitrogens with one attached hydrogen (secondary N) is 2. The quantitative estimate of drug-likeness (QED) is 0.645. The predicted octanol–water partition coefficient (Wildman–Crippen LogP) is 1.04. The summed E-state index contributed by atoms with van der Waals surface area (Å²) in [6.07, 6.45) is 7.44. The van der Waals surface area contributed by atoms with E-state index in [9.17, 15) is 4.79 Å². The van der Waals surface area contributed by atoms with Gasteiger partial charge in [0, 0.05) is 6.54 Å². The maximum absolute atomic E-state index is 11.5. The van der Waals surface area contributed by atoms with Crippen molar-refractivity contribution in [2.75, 3.05) is 13.1 Å². The van der Waals surface area contributed by atoms with Crippen molar-refractivity contribution in [2.45, 2.75) is 44.6 Å². The van der Waals surface area contributed by atoms with E-state index >= 15 is 0 Å². The molecule has 1 heterocycles. The first kappa shape index (κ1) is 9.97. The zero-order valence-electron chi connectivity index (χ0n) is 8.72. The van der Waals surface area contributed by atoms with Crippen LogP contribution in [0.1, 0.15) is 38.5 Å². The molecule has 0 spiro atoms. The summed E-state index contributed by atoms with van der Waals surface area (Å²) in [6, 6.07) is 0.0934. The lowest BCUT2D eigenvalue weighted by atomic mass is 10.2. The van der Waals surface area contributed by atoms with Gasteiger partial charge in [0.15, 0.2) is 0 Å². The van der Waals surface area contributed by atoms with Crippen LogP contribution >= 0.6 is 0 Å². The van der Waals surface area contributed by atoms with Gasteiger partial charge in [-0.15, -0.1) is 0 Å². The summed E-state index contributed by atoms with van der Waals surface area (Å²) >= 11 is 0. The number of carbonyl (C=O) groups is 1. The standard InChI is InChI=1S/C11H20N2O/c14-11(10-4-2-7-12-10)13-8-1-3-9-5-6-9/h9-10,12H,1-8H2,(H,13,14)/t10-/m0/s1. The van der Waals surface area contributed by atoms with E-state index in [4.69, 9.17) is 0 Å². The first-order chi connectivity index (χ1) is 6.86. The van der Waals surface area contributed by atoms with Crippen molar-refractivity contribution >= 4 is 5.91 Å². The Labute approximate surface area is 85.6 Å². The summed E-state index contributed by atoms with van der Waals surface area (Å²) < 4.78 is 0. The molecule has 2 rings (SSSR count). The van der Waals surface area contributed by atoms with Gasteiger partial charge in [0.1, 0.15) is 0 Å². The van der Waals surface area contributed by atoms with Crippen molar-refractivity contribution in [2.24, 2.45) is 5.92 Å². The van der Waals surface area contributed by atoms with Gasteiger partial charge in [-0.05, 0) is 38.1 Å². The van der Waals surface area contributed by atoms with E-state index in [1.54, 1.807) is 0 Å². The van der Waals surface area contributed by atoms with Crippen LogP contribution in [0.15, 0.2) is 0 Å². The van der Waals surface area contributed by atoms with Gasteiger partial charge in [0.2, 0.25) is 5.91 Å². The SMILES string of the molecule is O=C(NCCCC1CC1)[C@@H]1CCCN1. The first-order valence-corrected chi connectivity index (χ1v) is 5.87. The molecule has 1 amide bonds. The molecular formula is C11H20N2O. The molecule has 80 valence electrons. The maximum atomic E-state index is 11.5. The molecule has 14 heavy (non-hydrogen) atoms. The highest BCUT2D eigenvalue weighted by Crippen LogP contribution is 2.33. The normalized spacial score (nSPS) is 26.4. The average Bonchev–Trinajstić information content (AvgIpc) is 2.84. The highest BCUT2D eigenvalue weighted by Gasteiger charge is 2.22. The Morgan fingerprint density at radius 1 is 1.36 bits per heavy atom. The minimum atomic E-state index is 0.0934. The van der Waals surface area contributed by atoms with E-state index in [0.29, 0.717) is 0 Å². The maximum Gasteiger partial charge on any atom is 0.237 e. The van der Waals surface area contributed by atoms with Crippen molar-refractivity contribution < 1.29 is 4.79 Å². The Kier molecular flexibility index (Phi) is 3.40. The second kappa shape index (κ2) is 4.78. The van der Waals surface area contributed by atoms with Gasteiger partial charge in [-0.1, -0.05) is 12.8 Å². The monoisotopic (exact) mass is 196 g/mol. The minimum absolute atomic E-state index is 0.0934. The largest absolute Gasteiger partial charge is 0.355 e. The molecule has 0 aromatic heterocycles. The van der Waals surface area contributed by atoms with Crippen LogP contribution < -0.4 is 10.6 Å². The van der Waals surface area contributed by atoms with E-state index < -0.39 is 0 Å². The van der Waals surface area contributed by atoms with E-state index in [1.165, 1.54) is 19.3 Å². The number of rotatable bonds is 5. The third-order valence-corrected chi connectivity index (χ3v) is 3.16. The molecule has 1 aliphatic carbocycles. The zero-order chi connectivity index (χ0) is 9.80. The molecule has 2 N–H and O–H groups in total. The average molecular weight is 196 g/mol. The van der Waals surface area contributed by atoms with Gasteiger partial charge in [0.25, 0.3) is 0 Å². The number of carbonyl (C=O) groups excluding carboxylic acids is 1. The molecule has 2 aliphatic rings. The zero-order valence-corrected chi connectivity index (χ0v) is 8.72. The van der Waals surface area contributed by atoms with Crippen LogP contribution in [0.4, 0.5) is 0 Å². The van der Waals surface area contributed by atoms with Crippen molar-refractivity contribution in [1.29, 1.82) is 0 Å². The molecule has 0 radical (unpaired) electrons. The Morgan fingerprint density at radius 3 is 2.86 bits per heavy atom. The van der Waals surface area contributed by atoms with Crippen LogP contribution in [0, 0.1) is 5.92 Å². The second-order valence-electron chi connectivity index (χ2n) is 4.53. The van der Waals surface area contributed by atoms with E-state index in [-0.39, 0.29) is 11.9 Å². The number of amides is 1.